The Balaban J connectivity index is 2.88. The van der Waals surface area contributed by atoms with Crippen molar-refractivity contribution in [1.82, 2.24) is 9.61 Å². The molecule has 2 aromatic heterocycles. The number of hydrogen-bond acceptors (Lipinski definition) is 1. The summed E-state index contributed by atoms with van der Waals surface area (Å²) >= 11 is 9.18. The first-order chi connectivity index (χ1) is 6.20. The van der Waals surface area contributed by atoms with E-state index in [-0.39, 0.29) is 5.56 Å². The van der Waals surface area contributed by atoms with Gasteiger partial charge in [-0.3, -0.25) is 14.4 Å². The average molecular weight is 262 g/mol. The second-order valence-electron chi connectivity index (χ2n) is 2.68. The van der Waals surface area contributed by atoms with Crippen molar-refractivity contribution in [1.29, 1.82) is 0 Å². The van der Waals surface area contributed by atoms with Crippen LogP contribution in [0.15, 0.2) is 23.0 Å². The molecule has 2 aromatic rings. The molecule has 0 unspecified atom stereocenters. The van der Waals surface area contributed by atoms with Crippen LogP contribution in [0.1, 0.15) is 5.69 Å². The molecule has 2 heterocycles. The van der Waals surface area contributed by atoms with Crippen LogP contribution in [0.25, 0.3) is 5.52 Å². The minimum atomic E-state index is -0.121. The number of nitrogens with zero attached hydrogens (tertiary/aromatic N) is 1. The lowest BCUT2D eigenvalue weighted by Gasteiger charge is -2.01. The fourth-order valence-corrected chi connectivity index (χ4v) is 1.91. The van der Waals surface area contributed by atoms with Crippen LogP contribution >= 0.6 is 27.5 Å². The Hall–Kier alpha value is -0.740. The zero-order valence-electron chi connectivity index (χ0n) is 6.55. The number of fused-ring (bicyclic) bond motifs is 1. The van der Waals surface area contributed by atoms with Crippen molar-refractivity contribution >= 4 is 33.0 Å². The Morgan fingerprint density at radius 3 is 2.92 bits per heavy atom. The van der Waals surface area contributed by atoms with Crippen molar-refractivity contribution in [3.05, 3.63) is 39.3 Å². The highest BCUT2D eigenvalue weighted by atomic mass is 79.9. The van der Waals surface area contributed by atoms with Gasteiger partial charge in [0.15, 0.2) is 0 Å². The molecular formula is C8H6BrClN2O. The van der Waals surface area contributed by atoms with Crippen molar-refractivity contribution in [2.45, 2.75) is 5.33 Å². The lowest BCUT2D eigenvalue weighted by atomic mass is 10.3. The standard InChI is InChI=1S/C8H6BrClN2O/c9-4-7-2-5(10)1-6-3-8(13)11-12(6)7/h1-3H,4H2,(H,11,13). The van der Waals surface area contributed by atoms with E-state index in [1.54, 1.807) is 16.6 Å². The molecule has 2 rings (SSSR count). The third-order valence-corrected chi connectivity index (χ3v) is 2.57. The molecule has 0 aromatic carbocycles. The van der Waals surface area contributed by atoms with E-state index in [0.717, 1.165) is 11.2 Å². The van der Waals surface area contributed by atoms with Gasteiger partial charge in [-0.05, 0) is 12.1 Å². The Bertz CT molecular complexity index is 502. The summed E-state index contributed by atoms with van der Waals surface area (Å²) < 4.78 is 1.71. The first kappa shape index (κ1) is 8.84. The minimum absolute atomic E-state index is 0.121. The number of rotatable bonds is 1. The summed E-state index contributed by atoms with van der Waals surface area (Å²) in [5, 5.41) is 3.96. The van der Waals surface area contributed by atoms with E-state index in [0.29, 0.717) is 10.4 Å². The summed E-state index contributed by atoms with van der Waals surface area (Å²) in [5.74, 6) is 0. The summed E-state index contributed by atoms with van der Waals surface area (Å²) in [6, 6.07) is 5.06. The second kappa shape index (κ2) is 3.20. The topological polar surface area (TPSA) is 37.3 Å². The van der Waals surface area contributed by atoms with E-state index in [1.165, 1.54) is 6.07 Å². The van der Waals surface area contributed by atoms with E-state index >= 15 is 0 Å². The molecule has 0 spiro atoms. The van der Waals surface area contributed by atoms with Crippen LogP contribution in [-0.2, 0) is 5.33 Å². The van der Waals surface area contributed by atoms with Crippen LogP contribution in [0.5, 0.6) is 0 Å². The molecule has 0 saturated heterocycles. The largest absolute Gasteiger partial charge is 0.268 e. The molecule has 13 heavy (non-hydrogen) atoms. The highest BCUT2D eigenvalue weighted by Crippen LogP contribution is 2.16. The molecule has 0 aliphatic carbocycles. The third kappa shape index (κ3) is 1.51. The van der Waals surface area contributed by atoms with Crippen molar-refractivity contribution in [2.24, 2.45) is 0 Å². The molecule has 5 heteroatoms. The van der Waals surface area contributed by atoms with E-state index in [9.17, 15) is 4.79 Å². The van der Waals surface area contributed by atoms with E-state index in [1.807, 2.05) is 0 Å². The maximum atomic E-state index is 11.0. The number of nitrogens with one attached hydrogen (secondary N) is 1. The monoisotopic (exact) mass is 260 g/mol. The fraction of sp³-hybridized carbons (Fsp3) is 0.125. The van der Waals surface area contributed by atoms with Gasteiger partial charge in [-0.2, -0.15) is 0 Å². The van der Waals surface area contributed by atoms with Crippen molar-refractivity contribution in [2.75, 3.05) is 0 Å². The fourth-order valence-electron chi connectivity index (χ4n) is 1.25. The zero-order valence-corrected chi connectivity index (χ0v) is 8.89. The van der Waals surface area contributed by atoms with Crippen LogP contribution in [0.4, 0.5) is 0 Å². The van der Waals surface area contributed by atoms with E-state index in [4.69, 9.17) is 11.6 Å². The van der Waals surface area contributed by atoms with Crippen LogP contribution < -0.4 is 5.56 Å². The first-order valence-electron chi connectivity index (χ1n) is 3.67. The molecular weight excluding hydrogens is 255 g/mol. The predicted molar refractivity (Wildman–Crippen MR) is 55.7 cm³/mol. The number of halogens is 2. The first-order valence-corrected chi connectivity index (χ1v) is 5.17. The van der Waals surface area contributed by atoms with Gasteiger partial charge in [0.25, 0.3) is 5.56 Å². The molecule has 0 aliphatic heterocycles. The lowest BCUT2D eigenvalue weighted by Crippen LogP contribution is -2.01. The van der Waals surface area contributed by atoms with Gasteiger partial charge in [0.05, 0.1) is 11.2 Å². The number of H-pyrrole nitrogens is 1. The molecule has 0 saturated carbocycles. The molecule has 0 fully saturated rings. The molecule has 0 bridgehead atoms. The third-order valence-electron chi connectivity index (χ3n) is 1.77. The Morgan fingerprint density at radius 2 is 2.23 bits per heavy atom. The van der Waals surface area contributed by atoms with Gasteiger partial charge in [0.2, 0.25) is 0 Å². The van der Waals surface area contributed by atoms with E-state index in [2.05, 4.69) is 21.0 Å². The molecule has 0 amide bonds. The van der Waals surface area contributed by atoms with Gasteiger partial charge in [-0.25, -0.2) is 0 Å². The zero-order chi connectivity index (χ0) is 9.42. The van der Waals surface area contributed by atoms with Gasteiger partial charge >= 0.3 is 0 Å². The highest BCUT2D eigenvalue weighted by Gasteiger charge is 2.02. The number of aromatic amines is 1. The SMILES string of the molecule is O=c1cc2cc(Cl)cc(CBr)n2[nH]1. The van der Waals surface area contributed by atoms with Crippen LogP contribution in [0.3, 0.4) is 0 Å². The molecule has 0 aliphatic rings. The number of pyridine rings is 1. The molecule has 0 radical (unpaired) electrons. The van der Waals surface area contributed by atoms with Crippen molar-refractivity contribution in [3.63, 3.8) is 0 Å². The van der Waals surface area contributed by atoms with Crippen molar-refractivity contribution < 1.29 is 0 Å². The Labute approximate surface area is 87.4 Å². The van der Waals surface area contributed by atoms with E-state index < -0.39 is 0 Å². The van der Waals surface area contributed by atoms with Gasteiger partial charge in [-0.1, -0.05) is 27.5 Å². The smallest absolute Gasteiger partial charge is 0.264 e. The van der Waals surface area contributed by atoms with Gasteiger partial charge in [-0.15, -0.1) is 0 Å². The summed E-state index contributed by atoms with van der Waals surface area (Å²) in [6.07, 6.45) is 0. The molecule has 3 nitrogen and oxygen atoms in total. The number of alkyl halides is 1. The minimum Gasteiger partial charge on any atom is -0.268 e. The van der Waals surface area contributed by atoms with Gasteiger partial charge < -0.3 is 0 Å². The second-order valence-corrected chi connectivity index (χ2v) is 3.68. The highest BCUT2D eigenvalue weighted by molar-refractivity contribution is 9.08. The summed E-state index contributed by atoms with van der Waals surface area (Å²) in [5.41, 5.74) is 1.58. The number of aromatic nitrogens is 2. The number of hydrogen-bond donors (Lipinski definition) is 1. The summed E-state index contributed by atoms with van der Waals surface area (Å²) in [7, 11) is 0. The Morgan fingerprint density at radius 1 is 1.46 bits per heavy atom. The molecule has 0 atom stereocenters. The van der Waals surface area contributed by atoms with Crippen LogP contribution in [0, 0.1) is 0 Å². The van der Waals surface area contributed by atoms with Gasteiger partial charge in [0, 0.05) is 16.4 Å². The van der Waals surface area contributed by atoms with Crippen molar-refractivity contribution in [3.8, 4) is 0 Å². The van der Waals surface area contributed by atoms with Gasteiger partial charge in [0.1, 0.15) is 0 Å². The molecule has 68 valence electrons. The maximum absolute atomic E-state index is 11.0. The summed E-state index contributed by atoms with van der Waals surface area (Å²) in [6.45, 7) is 0. The predicted octanol–water partition coefficient (Wildman–Crippen LogP) is 2.18. The summed E-state index contributed by atoms with van der Waals surface area (Å²) in [4.78, 5) is 11.0. The lowest BCUT2D eigenvalue weighted by molar-refractivity contribution is 0.891. The normalized spacial score (nSPS) is 10.9. The Kier molecular flexibility index (Phi) is 2.17. The average Bonchev–Trinajstić information content (AvgIpc) is 2.43. The molecule has 1 N–H and O–H groups in total. The van der Waals surface area contributed by atoms with Crippen LogP contribution in [0.2, 0.25) is 5.02 Å². The van der Waals surface area contributed by atoms with Crippen LogP contribution in [-0.4, -0.2) is 9.61 Å². The quantitative estimate of drug-likeness (QED) is 0.785. The maximum Gasteiger partial charge on any atom is 0.264 e.